The molecule has 0 heterocycles. The molecule has 1 amide bonds. The Morgan fingerprint density at radius 1 is 1.07 bits per heavy atom. The molecule has 0 aliphatic heterocycles. The molecule has 0 radical (unpaired) electrons. The summed E-state index contributed by atoms with van der Waals surface area (Å²) < 4.78 is 38.9. The molecule has 3 rings (SSSR count). The van der Waals surface area contributed by atoms with E-state index in [4.69, 9.17) is 9.47 Å². The van der Waals surface area contributed by atoms with Crippen LogP contribution in [0, 0.1) is 0 Å². The Kier molecular flexibility index (Phi) is 6.33. The van der Waals surface area contributed by atoms with Crippen molar-refractivity contribution in [2.75, 3.05) is 21.3 Å². The van der Waals surface area contributed by atoms with Crippen LogP contribution in [-0.2, 0) is 14.8 Å². The van der Waals surface area contributed by atoms with E-state index in [1.54, 1.807) is 50.2 Å². The second kappa shape index (κ2) is 8.59. The van der Waals surface area contributed by atoms with Crippen molar-refractivity contribution in [3.63, 3.8) is 0 Å². The number of fused-ring (bicyclic) bond motifs is 1. The van der Waals surface area contributed by atoms with Gasteiger partial charge in [-0.25, -0.2) is 8.42 Å². The smallest absolute Gasteiger partial charge is 0.241 e. The average molecular weight is 421 g/mol. The molecule has 1 fully saturated rings. The van der Waals surface area contributed by atoms with Crippen LogP contribution in [0.2, 0.25) is 0 Å². The van der Waals surface area contributed by atoms with Crippen LogP contribution in [0.15, 0.2) is 35.2 Å². The lowest BCUT2D eigenvalue weighted by molar-refractivity contribution is -0.133. The van der Waals surface area contributed by atoms with Gasteiger partial charge in [-0.3, -0.25) is 4.79 Å². The summed E-state index contributed by atoms with van der Waals surface area (Å²) in [5.74, 6) is 0.875. The summed E-state index contributed by atoms with van der Waals surface area (Å²) in [7, 11) is 0.968. The van der Waals surface area contributed by atoms with Gasteiger partial charge in [0, 0.05) is 13.1 Å². The van der Waals surface area contributed by atoms with E-state index in [0.717, 1.165) is 31.1 Å². The van der Waals surface area contributed by atoms with Crippen molar-refractivity contribution in [3.8, 4) is 11.5 Å². The Labute approximate surface area is 172 Å². The Balaban J connectivity index is 1.82. The first-order chi connectivity index (χ1) is 13.8. The van der Waals surface area contributed by atoms with Gasteiger partial charge < -0.3 is 14.4 Å². The third kappa shape index (κ3) is 4.48. The Morgan fingerprint density at radius 3 is 2.24 bits per heavy atom. The zero-order valence-corrected chi connectivity index (χ0v) is 18.1. The third-order valence-electron chi connectivity index (χ3n) is 5.55. The number of hydrogen-bond donors (Lipinski definition) is 1. The molecule has 1 atom stereocenters. The number of ether oxygens (including phenoxy) is 2. The monoisotopic (exact) mass is 420 g/mol. The van der Waals surface area contributed by atoms with Crippen LogP contribution < -0.4 is 14.2 Å². The molecule has 2 aromatic carbocycles. The van der Waals surface area contributed by atoms with Gasteiger partial charge in [0.1, 0.15) is 0 Å². The van der Waals surface area contributed by atoms with Gasteiger partial charge in [0.25, 0.3) is 0 Å². The van der Waals surface area contributed by atoms with Gasteiger partial charge in [0.2, 0.25) is 15.9 Å². The van der Waals surface area contributed by atoms with Crippen molar-refractivity contribution in [2.45, 2.75) is 49.6 Å². The standard InChI is InChI=1S/C21H28N2O5S/c1-14(21(24)23(2)17-7-5-6-8-17)22-29(25,26)18-10-9-15-12-19(27-3)20(28-4)13-16(15)11-18/h9-14,17,22H,5-8H2,1-4H3. The van der Waals surface area contributed by atoms with Crippen LogP contribution in [0.3, 0.4) is 0 Å². The molecule has 7 nitrogen and oxygen atoms in total. The molecule has 158 valence electrons. The summed E-state index contributed by atoms with van der Waals surface area (Å²) in [4.78, 5) is 14.4. The number of benzene rings is 2. The predicted molar refractivity (Wildman–Crippen MR) is 112 cm³/mol. The maximum absolute atomic E-state index is 12.9. The summed E-state index contributed by atoms with van der Waals surface area (Å²) in [6.45, 7) is 1.58. The molecule has 1 N–H and O–H groups in total. The number of amides is 1. The van der Waals surface area contributed by atoms with Crippen molar-refractivity contribution in [3.05, 3.63) is 30.3 Å². The van der Waals surface area contributed by atoms with Gasteiger partial charge in [-0.15, -0.1) is 0 Å². The van der Waals surface area contributed by atoms with E-state index in [2.05, 4.69) is 4.72 Å². The third-order valence-corrected chi connectivity index (χ3v) is 7.09. The van der Waals surface area contributed by atoms with E-state index in [9.17, 15) is 13.2 Å². The van der Waals surface area contributed by atoms with Crippen molar-refractivity contribution in [1.82, 2.24) is 9.62 Å². The minimum atomic E-state index is -3.86. The van der Waals surface area contributed by atoms with E-state index in [0.29, 0.717) is 16.9 Å². The van der Waals surface area contributed by atoms with Crippen LogP contribution >= 0.6 is 0 Å². The number of nitrogens with one attached hydrogen (secondary N) is 1. The van der Waals surface area contributed by atoms with Gasteiger partial charge in [-0.05, 0) is 54.8 Å². The topological polar surface area (TPSA) is 84.9 Å². The molecule has 2 aromatic rings. The van der Waals surface area contributed by atoms with Gasteiger partial charge in [-0.1, -0.05) is 18.9 Å². The molecule has 0 saturated heterocycles. The van der Waals surface area contributed by atoms with E-state index < -0.39 is 16.1 Å². The molecule has 1 aliphatic rings. The molecule has 0 spiro atoms. The van der Waals surface area contributed by atoms with E-state index >= 15 is 0 Å². The van der Waals surface area contributed by atoms with Crippen molar-refractivity contribution in [1.29, 1.82) is 0 Å². The highest BCUT2D eigenvalue weighted by Crippen LogP contribution is 2.33. The largest absolute Gasteiger partial charge is 0.493 e. The van der Waals surface area contributed by atoms with Gasteiger partial charge in [0.05, 0.1) is 25.2 Å². The van der Waals surface area contributed by atoms with Gasteiger partial charge in [-0.2, -0.15) is 4.72 Å². The summed E-state index contributed by atoms with van der Waals surface area (Å²) in [6, 6.07) is 7.68. The SMILES string of the molecule is COc1cc2ccc(S(=O)(=O)NC(C)C(=O)N(C)C3CCCC3)cc2cc1OC. The Hall–Kier alpha value is -2.32. The fourth-order valence-electron chi connectivity index (χ4n) is 3.85. The number of sulfonamides is 1. The summed E-state index contributed by atoms with van der Waals surface area (Å²) >= 11 is 0. The summed E-state index contributed by atoms with van der Waals surface area (Å²) in [5, 5.41) is 1.53. The second-order valence-corrected chi connectivity index (χ2v) is 9.16. The maximum atomic E-state index is 12.9. The number of nitrogens with zero attached hydrogens (tertiary/aromatic N) is 1. The molecule has 0 bridgehead atoms. The quantitative estimate of drug-likeness (QED) is 0.744. The first-order valence-electron chi connectivity index (χ1n) is 9.71. The molecular weight excluding hydrogens is 392 g/mol. The highest BCUT2D eigenvalue weighted by molar-refractivity contribution is 7.89. The lowest BCUT2D eigenvalue weighted by atomic mass is 10.1. The zero-order valence-electron chi connectivity index (χ0n) is 17.3. The number of rotatable bonds is 7. The molecule has 1 unspecified atom stereocenters. The molecular formula is C21H28N2O5S. The van der Waals surface area contributed by atoms with Crippen LogP contribution in [-0.4, -0.2) is 52.6 Å². The molecule has 0 aromatic heterocycles. The first kappa shape index (κ1) is 21.4. The zero-order chi connectivity index (χ0) is 21.2. The van der Waals surface area contributed by atoms with Crippen molar-refractivity contribution >= 4 is 26.7 Å². The lowest BCUT2D eigenvalue weighted by Crippen LogP contribution is -2.48. The highest BCUT2D eigenvalue weighted by atomic mass is 32.2. The number of carbonyl (C=O) groups is 1. The fourth-order valence-corrected chi connectivity index (χ4v) is 5.08. The minimum Gasteiger partial charge on any atom is -0.493 e. The highest BCUT2D eigenvalue weighted by Gasteiger charge is 2.29. The van der Waals surface area contributed by atoms with E-state index in [1.165, 1.54) is 13.2 Å². The second-order valence-electron chi connectivity index (χ2n) is 7.45. The Bertz CT molecular complexity index is 1000. The van der Waals surface area contributed by atoms with Crippen LogP contribution in [0.5, 0.6) is 11.5 Å². The van der Waals surface area contributed by atoms with E-state index in [-0.39, 0.29) is 16.8 Å². The van der Waals surface area contributed by atoms with Gasteiger partial charge >= 0.3 is 0 Å². The number of likely N-dealkylation sites (N-methyl/N-ethyl adjacent to an activating group) is 1. The van der Waals surface area contributed by atoms with Crippen LogP contribution in [0.1, 0.15) is 32.6 Å². The first-order valence-corrected chi connectivity index (χ1v) is 11.2. The molecule has 29 heavy (non-hydrogen) atoms. The van der Waals surface area contributed by atoms with Crippen molar-refractivity contribution < 1.29 is 22.7 Å². The Morgan fingerprint density at radius 2 is 1.66 bits per heavy atom. The van der Waals surface area contributed by atoms with Gasteiger partial charge in [0.15, 0.2) is 11.5 Å². The fraction of sp³-hybridized carbons (Fsp3) is 0.476. The predicted octanol–water partition coefficient (Wildman–Crippen LogP) is 2.92. The number of carbonyl (C=O) groups excluding carboxylic acids is 1. The maximum Gasteiger partial charge on any atom is 0.241 e. The molecule has 8 heteroatoms. The lowest BCUT2D eigenvalue weighted by Gasteiger charge is -2.27. The average Bonchev–Trinajstić information content (AvgIpc) is 3.25. The number of methoxy groups -OCH3 is 2. The van der Waals surface area contributed by atoms with Crippen molar-refractivity contribution in [2.24, 2.45) is 0 Å². The van der Waals surface area contributed by atoms with E-state index in [1.807, 2.05) is 0 Å². The summed E-state index contributed by atoms with van der Waals surface area (Å²) in [5.41, 5.74) is 0. The summed E-state index contributed by atoms with van der Waals surface area (Å²) in [6.07, 6.45) is 4.15. The number of hydrogen-bond acceptors (Lipinski definition) is 5. The molecule has 1 aliphatic carbocycles. The molecule has 1 saturated carbocycles. The van der Waals surface area contributed by atoms with Crippen LogP contribution in [0.4, 0.5) is 0 Å². The van der Waals surface area contributed by atoms with Crippen LogP contribution in [0.25, 0.3) is 10.8 Å². The minimum absolute atomic E-state index is 0.0976. The normalized spacial score (nSPS) is 16.0.